The number of thioether (sulfide) groups is 1. The van der Waals surface area contributed by atoms with Crippen molar-refractivity contribution in [3.8, 4) is 0 Å². The minimum absolute atomic E-state index is 0.0366. The minimum atomic E-state index is -0.870. The van der Waals surface area contributed by atoms with Gasteiger partial charge in [0.15, 0.2) is 5.12 Å². The summed E-state index contributed by atoms with van der Waals surface area (Å²) in [6.45, 7) is 5.38. The number of rotatable bonds is 9. The molecule has 3 aliphatic rings. The van der Waals surface area contributed by atoms with Crippen LogP contribution in [-0.2, 0) is 33.4 Å². The van der Waals surface area contributed by atoms with Gasteiger partial charge in [-0.3, -0.25) is 24.1 Å². The van der Waals surface area contributed by atoms with Crippen LogP contribution in [-0.4, -0.2) is 72.1 Å². The Labute approximate surface area is 227 Å². The van der Waals surface area contributed by atoms with Crippen LogP contribution in [0.15, 0.2) is 36.1 Å². The van der Waals surface area contributed by atoms with E-state index in [1.165, 1.54) is 25.0 Å². The Bertz CT molecular complexity index is 1010. The maximum Gasteiger partial charge on any atom is 0.410 e. The van der Waals surface area contributed by atoms with E-state index in [0.717, 1.165) is 43.0 Å². The molecule has 2 aliphatic carbocycles. The summed E-state index contributed by atoms with van der Waals surface area (Å²) in [4.78, 5) is 64.3. The van der Waals surface area contributed by atoms with E-state index < -0.39 is 41.8 Å². The summed E-state index contributed by atoms with van der Waals surface area (Å²) in [6, 6.07) is -0.870. The lowest BCUT2D eigenvalue weighted by Crippen LogP contribution is -2.46. The zero-order chi connectivity index (χ0) is 27.7. The van der Waals surface area contributed by atoms with Crippen LogP contribution in [0.3, 0.4) is 0 Å². The van der Waals surface area contributed by atoms with E-state index in [1.807, 2.05) is 0 Å². The summed E-state index contributed by atoms with van der Waals surface area (Å²) >= 11 is 1.09. The molecular weight excluding hydrogens is 512 g/mol. The molecule has 0 aromatic heterocycles. The molecule has 0 aromatic carbocycles. The molecule has 3 rings (SSSR count). The molecule has 1 heterocycles. The van der Waals surface area contributed by atoms with E-state index in [4.69, 9.17) is 14.2 Å². The molecule has 10 nitrogen and oxygen atoms in total. The summed E-state index contributed by atoms with van der Waals surface area (Å²) in [5.41, 5.74) is 1.44. The number of allylic oxidation sites excluding steroid dienone is 2. The summed E-state index contributed by atoms with van der Waals surface area (Å²) < 4.78 is 15.6. The number of likely N-dealkylation sites (tertiary alicyclic amines) is 1. The fraction of sp³-hybridized carbons (Fsp3) is 0.593. The van der Waals surface area contributed by atoms with Crippen LogP contribution in [0, 0.1) is 11.8 Å². The number of amides is 2. The summed E-state index contributed by atoms with van der Waals surface area (Å²) in [5.74, 6) is -2.90. The van der Waals surface area contributed by atoms with Crippen molar-refractivity contribution in [3.63, 3.8) is 0 Å². The average molecular weight is 549 g/mol. The van der Waals surface area contributed by atoms with Crippen molar-refractivity contribution >= 4 is 40.8 Å². The SMILES string of the molecule is C=CCOC(=O)C1CC(NC(=O)[C@@H]2C[C@H](SC(C)=O)CN2C(=O)OCC2=CCCCC2)=CC(C(=O)OC)C1. The Hall–Kier alpha value is -3.08. The Balaban J connectivity index is 1.72. The first kappa shape index (κ1) is 29.5. The Morgan fingerprint density at radius 2 is 1.95 bits per heavy atom. The predicted octanol–water partition coefficient (Wildman–Crippen LogP) is 3.27. The van der Waals surface area contributed by atoms with Crippen LogP contribution in [0.5, 0.6) is 0 Å². The van der Waals surface area contributed by atoms with Gasteiger partial charge >= 0.3 is 18.0 Å². The van der Waals surface area contributed by atoms with Gasteiger partial charge in [0.2, 0.25) is 5.91 Å². The highest BCUT2D eigenvalue weighted by atomic mass is 32.2. The topological polar surface area (TPSA) is 128 Å². The number of carbonyl (C=O) groups excluding carboxylic acids is 5. The van der Waals surface area contributed by atoms with Gasteiger partial charge in [0.1, 0.15) is 19.3 Å². The zero-order valence-corrected chi connectivity index (χ0v) is 22.8. The van der Waals surface area contributed by atoms with Crippen LogP contribution in [0.2, 0.25) is 0 Å². The highest BCUT2D eigenvalue weighted by Crippen LogP contribution is 2.32. The van der Waals surface area contributed by atoms with E-state index in [2.05, 4.69) is 18.0 Å². The molecule has 1 N–H and O–H groups in total. The van der Waals surface area contributed by atoms with Gasteiger partial charge in [-0.2, -0.15) is 0 Å². The van der Waals surface area contributed by atoms with Crippen molar-refractivity contribution < 1.29 is 38.2 Å². The highest BCUT2D eigenvalue weighted by molar-refractivity contribution is 8.14. The van der Waals surface area contributed by atoms with E-state index in [9.17, 15) is 24.0 Å². The molecule has 11 heteroatoms. The first-order valence-electron chi connectivity index (χ1n) is 12.9. The first-order valence-corrected chi connectivity index (χ1v) is 13.7. The van der Waals surface area contributed by atoms with Gasteiger partial charge in [0.05, 0.1) is 18.9 Å². The quantitative estimate of drug-likeness (QED) is 0.262. The fourth-order valence-corrected chi connectivity index (χ4v) is 5.95. The van der Waals surface area contributed by atoms with E-state index >= 15 is 0 Å². The fourth-order valence-electron chi connectivity index (χ4n) is 4.96. The van der Waals surface area contributed by atoms with Gasteiger partial charge in [0, 0.05) is 30.8 Å². The molecule has 2 amide bonds. The highest BCUT2D eigenvalue weighted by Gasteiger charge is 2.42. The number of nitrogens with one attached hydrogen (secondary N) is 1. The lowest BCUT2D eigenvalue weighted by atomic mass is 9.84. The van der Waals surface area contributed by atoms with Crippen molar-refractivity contribution in [1.29, 1.82) is 0 Å². The van der Waals surface area contributed by atoms with E-state index in [-0.39, 0.29) is 49.4 Å². The molecule has 1 aliphatic heterocycles. The molecule has 208 valence electrons. The molecule has 1 saturated heterocycles. The molecule has 0 spiro atoms. The van der Waals surface area contributed by atoms with Crippen molar-refractivity contribution in [2.24, 2.45) is 11.8 Å². The Morgan fingerprint density at radius 1 is 1.16 bits per heavy atom. The van der Waals surface area contributed by atoms with Crippen LogP contribution in [0.1, 0.15) is 51.9 Å². The normalized spacial score (nSPS) is 24.9. The smallest absolute Gasteiger partial charge is 0.410 e. The zero-order valence-electron chi connectivity index (χ0n) is 21.9. The van der Waals surface area contributed by atoms with Crippen LogP contribution in [0.25, 0.3) is 0 Å². The summed E-state index contributed by atoms with van der Waals surface area (Å²) in [7, 11) is 1.26. The van der Waals surface area contributed by atoms with Crippen molar-refractivity contribution in [2.45, 2.75) is 63.2 Å². The Morgan fingerprint density at radius 3 is 2.61 bits per heavy atom. The number of methoxy groups -OCH3 is 1. The second-order valence-electron chi connectivity index (χ2n) is 9.66. The lowest BCUT2D eigenvalue weighted by molar-refractivity contribution is -0.150. The minimum Gasteiger partial charge on any atom is -0.469 e. The molecule has 0 radical (unpaired) electrons. The molecular formula is C27H36N2O8S. The monoisotopic (exact) mass is 548 g/mol. The maximum absolute atomic E-state index is 13.4. The molecule has 0 saturated carbocycles. The third-order valence-corrected chi connectivity index (χ3v) is 7.78. The number of hydrogen-bond donors (Lipinski definition) is 1. The predicted molar refractivity (Wildman–Crippen MR) is 141 cm³/mol. The van der Waals surface area contributed by atoms with Crippen molar-refractivity contribution in [1.82, 2.24) is 10.2 Å². The third kappa shape index (κ3) is 8.21. The molecule has 38 heavy (non-hydrogen) atoms. The molecule has 1 fully saturated rings. The first-order chi connectivity index (χ1) is 18.2. The van der Waals surface area contributed by atoms with Gasteiger partial charge in [0.25, 0.3) is 0 Å². The van der Waals surface area contributed by atoms with Crippen molar-refractivity contribution in [2.75, 3.05) is 26.9 Å². The van der Waals surface area contributed by atoms with Gasteiger partial charge in [-0.1, -0.05) is 36.6 Å². The molecule has 0 bridgehead atoms. The van der Waals surface area contributed by atoms with E-state index in [1.54, 1.807) is 6.08 Å². The second-order valence-corrected chi connectivity index (χ2v) is 11.1. The van der Waals surface area contributed by atoms with Gasteiger partial charge in [-0.25, -0.2) is 4.79 Å². The average Bonchev–Trinajstić information content (AvgIpc) is 3.33. The maximum atomic E-state index is 13.4. The van der Waals surface area contributed by atoms with Gasteiger partial charge < -0.3 is 19.5 Å². The standard InChI is InChI=1S/C27H36N2O8S/c1-4-10-36-26(33)20-11-19(25(32)35-3)12-21(13-20)28-24(31)23-14-22(38-17(2)30)15-29(23)27(34)37-16-18-8-6-5-7-9-18/h4,8,12,19-20,22-23H,1,5-7,9-11,13-16H2,2-3H3,(H,28,31)/t19?,20?,22-,23-/m0/s1. The third-order valence-electron chi connectivity index (χ3n) is 6.77. The number of nitrogens with zero attached hydrogens (tertiary/aromatic N) is 1. The molecule has 2 unspecified atom stereocenters. The van der Waals surface area contributed by atoms with Gasteiger partial charge in [-0.15, -0.1) is 0 Å². The summed E-state index contributed by atoms with van der Waals surface area (Å²) in [5, 5.41) is 2.45. The number of esters is 2. The van der Waals surface area contributed by atoms with Crippen molar-refractivity contribution in [3.05, 3.63) is 36.1 Å². The van der Waals surface area contributed by atoms with Crippen LogP contribution < -0.4 is 5.32 Å². The lowest BCUT2D eigenvalue weighted by Gasteiger charge is -2.28. The number of hydrogen-bond acceptors (Lipinski definition) is 9. The van der Waals surface area contributed by atoms with Crippen LogP contribution in [0.4, 0.5) is 4.79 Å². The largest absolute Gasteiger partial charge is 0.469 e. The van der Waals surface area contributed by atoms with Gasteiger partial charge in [-0.05, 0) is 44.1 Å². The van der Waals surface area contributed by atoms with Crippen LogP contribution >= 0.6 is 11.8 Å². The number of ether oxygens (including phenoxy) is 3. The molecule has 4 atom stereocenters. The Kier molecular flexibility index (Phi) is 11.0. The number of carbonyl (C=O) groups is 5. The second kappa shape index (κ2) is 14.2. The summed E-state index contributed by atoms with van der Waals surface area (Å²) in [6.07, 6.45) is 9.14. The molecule has 0 aromatic rings. The van der Waals surface area contributed by atoms with E-state index in [0.29, 0.717) is 5.70 Å².